The van der Waals surface area contributed by atoms with E-state index in [0.717, 1.165) is 43.4 Å². The molecule has 1 aromatic heterocycles. The SMILES string of the molecule is C#CCCNC(C=O)N1CCc2nc(NC3Cc4ccccc4C3)ncc2C1. The lowest BCUT2D eigenvalue weighted by molar-refractivity contribution is -0.113. The maximum atomic E-state index is 11.5. The van der Waals surface area contributed by atoms with Gasteiger partial charge in [-0.15, -0.1) is 12.3 Å². The quantitative estimate of drug-likeness (QED) is 0.435. The van der Waals surface area contributed by atoms with Gasteiger partial charge in [0.2, 0.25) is 5.95 Å². The second kappa shape index (κ2) is 8.51. The molecule has 144 valence electrons. The maximum Gasteiger partial charge on any atom is 0.223 e. The van der Waals surface area contributed by atoms with Crippen molar-refractivity contribution in [3.8, 4) is 12.3 Å². The molecular weight excluding hydrogens is 350 g/mol. The van der Waals surface area contributed by atoms with Crippen molar-refractivity contribution in [3.05, 3.63) is 52.8 Å². The number of rotatable bonds is 7. The number of aromatic nitrogens is 2. The van der Waals surface area contributed by atoms with Gasteiger partial charge in [0.1, 0.15) is 6.17 Å². The summed E-state index contributed by atoms with van der Waals surface area (Å²) in [5.41, 5.74) is 4.96. The Bertz CT molecular complexity index is 866. The Hall–Kier alpha value is -2.75. The topological polar surface area (TPSA) is 70.2 Å². The van der Waals surface area contributed by atoms with Crippen LogP contribution in [-0.4, -0.2) is 46.5 Å². The number of hydrogen-bond acceptors (Lipinski definition) is 6. The summed E-state index contributed by atoms with van der Waals surface area (Å²) >= 11 is 0. The molecule has 4 rings (SSSR count). The minimum Gasteiger partial charge on any atom is -0.351 e. The first-order chi connectivity index (χ1) is 13.8. The largest absolute Gasteiger partial charge is 0.351 e. The molecule has 2 heterocycles. The molecule has 2 aliphatic rings. The zero-order valence-corrected chi connectivity index (χ0v) is 15.9. The van der Waals surface area contributed by atoms with Crippen molar-refractivity contribution >= 4 is 12.2 Å². The number of anilines is 1. The Morgan fingerprint density at radius 2 is 2.07 bits per heavy atom. The summed E-state index contributed by atoms with van der Waals surface area (Å²) in [4.78, 5) is 22.8. The predicted molar refractivity (Wildman–Crippen MR) is 109 cm³/mol. The summed E-state index contributed by atoms with van der Waals surface area (Å²) in [6, 6.07) is 8.92. The van der Waals surface area contributed by atoms with Gasteiger partial charge >= 0.3 is 0 Å². The molecule has 0 fully saturated rings. The molecule has 1 aliphatic carbocycles. The zero-order chi connectivity index (χ0) is 19.3. The first-order valence-corrected chi connectivity index (χ1v) is 9.81. The van der Waals surface area contributed by atoms with E-state index in [-0.39, 0.29) is 6.17 Å². The third kappa shape index (κ3) is 4.06. The molecular formula is C22H25N5O. The molecule has 0 bridgehead atoms. The smallest absolute Gasteiger partial charge is 0.223 e. The maximum absolute atomic E-state index is 11.5. The summed E-state index contributed by atoms with van der Waals surface area (Å²) in [6.45, 7) is 2.08. The molecule has 1 aliphatic heterocycles. The minimum absolute atomic E-state index is 0.323. The van der Waals surface area contributed by atoms with Gasteiger partial charge in [0.05, 0.1) is 5.69 Å². The molecule has 1 unspecified atom stereocenters. The molecule has 2 aromatic rings. The van der Waals surface area contributed by atoms with Gasteiger partial charge in [0.25, 0.3) is 0 Å². The average molecular weight is 375 g/mol. The second-order valence-electron chi connectivity index (χ2n) is 7.39. The number of carbonyl (C=O) groups excluding carboxylic acids is 1. The highest BCUT2D eigenvalue weighted by molar-refractivity contribution is 5.57. The Morgan fingerprint density at radius 1 is 1.29 bits per heavy atom. The van der Waals surface area contributed by atoms with E-state index in [0.29, 0.717) is 31.5 Å². The summed E-state index contributed by atoms with van der Waals surface area (Å²) in [5, 5.41) is 6.70. The number of carbonyl (C=O) groups is 1. The van der Waals surface area contributed by atoms with Gasteiger partial charge < -0.3 is 10.1 Å². The van der Waals surface area contributed by atoms with E-state index in [4.69, 9.17) is 11.4 Å². The second-order valence-corrected chi connectivity index (χ2v) is 7.39. The number of nitrogens with one attached hydrogen (secondary N) is 2. The molecule has 0 amide bonds. The molecule has 6 heteroatoms. The normalized spacial score (nSPS) is 17.4. The van der Waals surface area contributed by atoms with Crippen LogP contribution in [0.15, 0.2) is 30.5 Å². The Morgan fingerprint density at radius 3 is 2.79 bits per heavy atom. The number of hydrogen-bond donors (Lipinski definition) is 2. The number of fused-ring (bicyclic) bond motifs is 2. The molecule has 0 saturated carbocycles. The van der Waals surface area contributed by atoms with Gasteiger partial charge in [-0.1, -0.05) is 24.3 Å². The van der Waals surface area contributed by atoms with Crippen molar-refractivity contribution in [2.75, 3.05) is 18.4 Å². The van der Waals surface area contributed by atoms with Gasteiger partial charge in [-0.2, -0.15) is 0 Å². The lowest BCUT2D eigenvalue weighted by atomic mass is 10.1. The minimum atomic E-state index is -0.323. The fourth-order valence-corrected chi connectivity index (χ4v) is 4.04. The van der Waals surface area contributed by atoms with Crippen LogP contribution in [0.3, 0.4) is 0 Å². The van der Waals surface area contributed by atoms with Gasteiger partial charge in [-0.3, -0.25) is 10.2 Å². The van der Waals surface area contributed by atoms with Crippen LogP contribution >= 0.6 is 0 Å². The first-order valence-electron chi connectivity index (χ1n) is 9.81. The Labute approximate surface area is 165 Å². The zero-order valence-electron chi connectivity index (χ0n) is 15.9. The summed E-state index contributed by atoms with van der Waals surface area (Å²) in [6.07, 6.45) is 11.2. The molecule has 28 heavy (non-hydrogen) atoms. The van der Waals surface area contributed by atoms with Crippen LogP contribution < -0.4 is 10.6 Å². The van der Waals surface area contributed by atoms with Crippen LogP contribution in [0, 0.1) is 12.3 Å². The molecule has 0 saturated heterocycles. The van der Waals surface area contributed by atoms with Crippen molar-refractivity contribution in [1.29, 1.82) is 0 Å². The van der Waals surface area contributed by atoms with Crippen molar-refractivity contribution in [3.63, 3.8) is 0 Å². The van der Waals surface area contributed by atoms with Gasteiger partial charge in [0, 0.05) is 50.3 Å². The van der Waals surface area contributed by atoms with Crippen LogP contribution in [-0.2, 0) is 30.6 Å². The third-order valence-corrected chi connectivity index (χ3v) is 5.49. The van der Waals surface area contributed by atoms with Crippen molar-refractivity contribution in [2.24, 2.45) is 0 Å². The number of nitrogens with zero attached hydrogens (tertiary/aromatic N) is 3. The molecule has 0 radical (unpaired) electrons. The van der Waals surface area contributed by atoms with Crippen LogP contribution in [0.1, 0.15) is 28.8 Å². The van der Waals surface area contributed by atoms with Gasteiger partial charge in [0.15, 0.2) is 6.29 Å². The fraction of sp³-hybridized carbons (Fsp3) is 0.409. The lowest BCUT2D eigenvalue weighted by Crippen LogP contribution is -2.49. The monoisotopic (exact) mass is 375 g/mol. The number of benzene rings is 1. The fourth-order valence-electron chi connectivity index (χ4n) is 4.04. The summed E-state index contributed by atoms with van der Waals surface area (Å²) in [5.74, 6) is 3.28. The van der Waals surface area contributed by atoms with Crippen LogP contribution in [0.2, 0.25) is 0 Å². The standard InChI is InChI=1S/C22H25N5O/c1-2-3-9-23-21(15-28)27-10-8-20-18(14-27)13-24-22(26-20)25-19-11-16-6-4-5-7-17(16)12-19/h1,4-7,13,15,19,21,23H,3,8-12,14H2,(H,24,25,26). The van der Waals surface area contributed by atoms with Crippen LogP contribution in [0.4, 0.5) is 5.95 Å². The van der Waals surface area contributed by atoms with Gasteiger partial charge in [-0.25, -0.2) is 9.97 Å². The van der Waals surface area contributed by atoms with Crippen molar-refractivity contribution in [1.82, 2.24) is 20.2 Å². The molecule has 1 aromatic carbocycles. The van der Waals surface area contributed by atoms with E-state index < -0.39 is 0 Å². The van der Waals surface area contributed by atoms with E-state index in [1.54, 1.807) is 0 Å². The number of aldehydes is 1. The molecule has 1 atom stereocenters. The molecule has 0 spiro atoms. The Kier molecular flexibility index (Phi) is 5.65. The molecule has 6 nitrogen and oxygen atoms in total. The number of terminal acetylenes is 1. The van der Waals surface area contributed by atoms with Crippen LogP contribution in [0.5, 0.6) is 0 Å². The highest BCUT2D eigenvalue weighted by Gasteiger charge is 2.25. The van der Waals surface area contributed by atoms with E-state index in [1.807, 2.05) is 6.20 Å². The molecule has 2 N–H and O–H groups in total. The Balaban J connectivity index is 1.38. The summed E-state index contributed by atoms with van der Waals surface area (Å²) < 4.78 is 0. The highest BCUT2D eigenvalue weighted by Crippen LogP contribution is 2.24. The van der Waals surface area contributed by atoms with Gasteiger partial charge in [-0.05, 0) is 24.0 Å². The summed E-state index contributed by atoms with van der Waals surface area (Å²) in [7, 11) is 0. The average Bonchev–Trinajstić information content (AvgIpc) is 3.13. The highest BCUT2D eigenvalue weighted by atomic mass is 16.1. The third-order valence-electron chi connectivity index (χ3n) is 5.49. The lowest BCUT2D eigenvalue weighted by Gasteiger charge is -2.32. The van der Waals surface area contributed by atoms with E-state index >= 15 is 0 Å². The first kappa shape index (κ1) is 18.6. The van der Waals surface area contributed by atoms with E-state index in [9.17, 15) is 4.79 Å². The van der Waals surface area contributed by atoms with Crippen molar-refractivity contribution < 1.29 is 4.79 Å². The van der Waals surface area contributed by atoms with Crippen molar-refractivity contribution in [2.45, 2.75) is 44.4 Å². The predicted octanol–water partition coefficient (Wildman–Crippen LogP) is 1.55. The van der Waals surface area contributed by atoms with Crippen LogP contribution in [0.25, 0.3) is 0 Å². The van der Waals surface area contributed by atoms with E-state index in [2.05, 4.69) is 50.7 Å². The van der Waals surface area contributed by atoms with E-state index in [1.165, 1.54) is 11.1 Å².